The topological polar surface area (TPSA) is 30.5 Å². The van der Waals surface area contributed by atoms with Gasteiger partial charge in [-0.05, 0) is 67.2 Å². The lowest BCUT2D eigenvalue weighted by molar-refractivity contribution is -0.275. The molecule has 0 atom stereocenters. The summed E-state index contributed by atoms with van der Waals surface area (Å²) in [6, 6.07) is 11.5. The maximum atomic E-state index is 12.7. The fourth-order valence-corrected chi connectivity index (χ4v) is 3.03. The summed E-state index contributed by atoms with van der Waals surface area (Å²) in [5.41, 5.74) is 1.57. The van der Waals surface area contributed by atoms with Gasteiger partial charge in [0, 0.05) is 5.02 Å². The molecule has 27 heavy (non-hydrogen) atoms. The Labute approximate surface area is 167 Å². The largest absolute Gasteiger partial charge is 0.573 e. The van der Waals surface area contributed by atoms with Crippen LogP contribution in [-0.4, -0.2) is 26.1 Å². The zero-order chi connectivity index (χ0) is 18.6. The molecule has 2 aromatic carbocycles. The molecule has 0 unspecified atom stereocenters. The van der Waals surface area contributed by atoms with Gasteiger partial charge in [-0.25, -0.2) is 0 Å². The predicted octanol–water partition coefficient (Wildman–Crippen LogP) is 5.71. The summed E-state index contributed by atoms with van der Waals surface area (Å²) >= 11 is 5.89. The van der Waals surface area contributed by atoms with Crippen LogP contribution in [0, 0.1) is 5.92 Å². The van der Waals surface area contributed by atoms with E-state index >= 15 is 0 Å². The van der Waals surface area contributed by atoms with Gasteiger partial charge in [0.15, 0.2) is 11.5 Å². The number of piperidine rings is 1. The standard InChI is InChI=1S/C19H19ClF3NO2.ClH/c20-16-4-1-14(2-5-16)15-3-6-17(26-19(21,22)23)18(11-15)25-12-13-7-9-24-10-8-13;/h1-6,11,13,24H,7-10,12H2;1H. The van der Waals surface area contributed by atoms with E-state index in [1.165, 1.54) is 6.07 Å². The molecule has 1 heterocycles. The van der Waals surface area contributed by atoms with Crippen LogP contribution in [0.3, 0.4) is 0 Å². The van der Waals surface area contributed by atoms with Crippen LogP contribution in [0.1, 0.15) is 12.8 Å². The first-order valence-corrected chi connectivity index (χ1v) is 8.78. The molecule has 3 nitrogen and oxygen atoms in total. The molecule has 1 aliphatic rings. The Morgan fingerprint density at radius 1 is 0.963 bits per heavy atom. The van der Waals surface area contributed by atoms with Crippen LogP contribution in [-0.2, 0) is 0 Å². The number of ether oxygens (including phenoxy) is 2. The van der Waals surface area contributed by atoms with Crippen molar-refractivity contribution >= 4 is 24.0 Å². The minimum atomic E-state index is -4.77. The van der Waals surface area contributed by atoms with E-state index in [-0.39, 0.29) is 23.9 Å². The first-order chi connectivity index (χ1) is 12.4. The third-order valence-corrected chi connectivity index (χ3v) is 4.53. The molecule has 3 rings (SSSR count). The molecule has 1 aliphatic heterocycles. The highest BCUT2D eigenvalue weighted by molar-refractivity contribution is 6.30. The highest BCUT2D eigenvalue weighted by Crippen LogP contribution is 2.36. The number of hydrogen-bond acceptors (Lipinski definition) is 3. The van der Waals surface area contributed by atoms with Crippen molar-refractivity contribution in [3.05, 3.63) is 47.5 Å². The molecule has 0 aliphatic carbocycles. The maximum Gasteiger partial charge on any atom is 0.573 e. The van der Waals surface area contributed by atoms with Crippen molar-refractivity contribution in [3.63, 3.8) is 0 Å². The Morgan fingerprint density at radius 3 is 2.22 bits per heavy atom. The van der Waals surface area contributed by atoms with Crippen LogP contribution in [0.5, 0.6) is 11.5 Å². The van der Waals surface area contributed by atoms with Crippen molar-refractivity contribution in [2.24, 2.45) is 5.92 Å². The minimum Gasteiger partial charge on any atom is -0.489 e. The highest BCUT2D eigenvalue weighted by atomic mass is 35.5. The van der Waals surface area contributed by atoms with E-state index in [1.807, 2.05) is 0 Å². The second kappa shape index (κ2) is 9.53. The molecule has 1 N–H and O–H groups in total. The lowest BCUT2D eigenvalue weighted by Gasteiger charge is -2.23. The highest BCUT2D eigenvalue weighted by Gasteiger charge is 2.32. The second-order valence-corrected chi connectivity index (χ2v) is 6.66. The molecule has 0 radical (unpaired) electrons. The molecule has 148 valence electrons. The van der Waals surface area contributed by atoms with Crippen LogP contribution >= 0.6 is 24.0 Å². The Bertz CT molecular complexity index is 733. The molecule has 2 aromatic rings. The van der Waals surface area contributed by atoms with Crippen molar-refractivity contribution in [2.45, 2.75) is 19.2 Å². The summed E-state index contributed by atoms with van der Waals surface area (Å²) in [6.45, 7) is 2.15. The summed E-state index contributed by atoms with van der Waals surface area (Å²) in [5.74, 6) is 0.0756. The molecule has 0 saturated carbocycles. The Kier molecular flexibility index (Phi) is 7.65. The number of benzene rings is 2. The maximum absolute atomic E-state index is 12.7. The summed E-state index contributed by atoms with van der Waals surface area (Å²) in [6.07, 6.45) is -2.90. The summed E-state index contributed by atoms with van der Waals surface area (Å²) < 4.78 is 47.9. The second-order valence-electron chi connectivity index (χ2n) is 6.22. The van der Waals surface area contributed by atoms with Gasteiger partial charge in [0.2, 0.25) is 0 Å². The average Bonchev–Trinajstić information content (AvgIpc) is 2.61. The van der Waals surface area contributed by atoms with Crippen molar-refractivity contribution in [3.8, 4) is 22.6 Å². The minimum absolute atomic E-state index is 0. The zero-order valence-corrected chi connectivity index (χ0v) is 16.0. The van der Waals surface area contributed by atoms with Gasteiger partial charge in [-0.2, -0.15) is 0 Å². The first kappa shape index (κ1) is 21.7. The fraction of sp³-hybridized carbons (Fsp3) is 0.368. The molecular weight excluding hydrogens is 402 g/mol. The van der Waals surface area contributed by atoms with Gasteiger partial charge in [0.1, 0.15) is 0 Å². The normalized spacial score (nSPS) is 15.1. The SMILES string of the molecule is Cl.FC(F)(F)Oc1ccc(-c2ccc(Cl)cc2)cc1OCC1CCNCC1. The molecule has 0 amide bonds. The lowest BCUT2D eigenvalue weighted by atomic mass is 9.99. The zero-order valence-electron chi connectivity index (χ0n) is 14.4. The monoisotopic (exact) mass is 421 g/mol. The third-order valence-electron chi connectivity index (χ3n) is 4.28. The molecule has 0 bridgehead atoms. The number of halogens is 5. The van der Waals surface area contributed by atoms with E-state index in [9.17, 15) is 13.2 Å². The van der Waals surface area contributed by atoms with E-state index in [1.54, 1.807) is 36.4 Å². The molecule has 0 aromatic heterocycles. The Balaban J connectivity index is 0.00000261. The van der Waals surface area contributed by atoms with Gasteiger partial charge in [0.25, 0.3) is 0 Å². The number of hydrogen-bond donors (Lipinski definition) is 1. The fourth-order valence-electron chi connectivity index (χ4n) is 2.91. The predicted molar refractivity (Wildman–Crippen MR) is 102 cm³/mol. The third kappa shape index (κ3) is 6.48. The van der Waals surface area contributed by atoms with Crippen LogP contribution in [0.25, 0.3) is 11.1 Å². The van der Waals surface area contributed by atoms with Gasteiger partial charge in [-0.1, -0.05) is 29.8 Å². The lowest BCUT2D eigenvalue weighted by Crippen LogP contribution is -2.30. The Morgan fingerprint density at radius 2 is 1.59 bits per heavy atom. The molecule has 1 saturated heterocycles. The summed E-state index contributed by atoms with van der Waals surface area (Å²) in [4.78, 5) is 0. The van der Waals surface area contributed by atoms with Crippen molar-refractivity contribution in [1.29, 1.82) is 0 Å². The van der Waals surface area contributed by atoms with Crippen LogP contribution in [0.4, 0.5) is 13.2 Å². The molecule has 0 spiro atoms. The number of nitrogens with one attached hydrogen (secondary N) is 1. The number of rotatable bonds is 5. The summed E-state index contributed by atoms with van der Waals surface area (Å²) in [5, 5.41) is 3.84. The van der Waals surface area contributed by atoms with E-state index in [4.69, 9.17) is 16.3 Å². The van der Waals surface area contributed by atoms with Crippen molar-refractivity contribution in [1.82, 2.24) is 5.32 Å². The molecule has 1 fully saturated rings. The smallest absolute Gasteiger partial charge is 0.489 e. The van der Waals surface area contributed by atoms with E-state index in [0.717, 1.165) is 37.1 Å². The van der Waals surface area contributed by atoms with Gasteiger partial charge in [-0.15, -0.1) is 25.6 Å². The van der Waals surface area contributed by atoms with Crippen LogP contribution in [0.2, 0.25) is 5.02 Å². The van der Waals surface area contributed by atoms with Crippen LogP contribution < -0.4 is 14.8 Å². The number of alkyl halides is 3. The molecule has 8 heteroatoms. The molecular formula is C19H20Cl2F3NO2. The van der Waals surface area contributed by atoms with Gasteiger partial charge < -0.3 is 14.8 Å². The van der Waals surface area contributed by atoms with E-state index in [2.05, 4.69) is 10.1 Å². The van der Waals surface area contributed by atoms with Gasteiger partial charge >= 0.3 is 6.36 Å². The Hall–Kier alpha value is -1.63. The average molecular weight is 422 g/mol. The first-order valence-electron chi connectivity index (χ1n) is 8.40. The quantitative estimate of drug-likeness (QED) is 0.670. The van der Waals surface area contributed by atoms with E-state index < -0.39 is 6.36 Å². The van der Waals surface area contributed by atoms with Crippen LogP contribution in [0.15, 0.2) is 42.5 Å². The summed E-state index contributed by atoms with van der Waals surface area (Å²) in [7, 11) is 0. The van der Waals surface area contributed by atoms with E-state index in [0.29, 0.717) is 17.5 Å². The van der Waals surface area contributed by atoms with Gasteiger partial charge in [-0.3, -0.25) is 0 Å². The van der Waals surface area contributed by atoms with Crippen molar-refractivity contribution in [2.75, 3.05) is 19.7 Å². The van der Waals surface area contributed by atoms with Gasteiger partial charge in [0.05, 0.1) is 6.61 Å². The van der Waals surface area contributed by atoms with Crippen molar-refractivity contribution < 1.29 is 22.6 Å².